The highest BCUT2D eigenvalue weighted by Gasteiger charge is 2.11. The second-order valence-corrected chi connectivity index (χ2v) is 6.04. The molecule has 2 heterocycles. The Bertz CT molecular complexity index is 1220. The van der Waals surface area contributed by atoms with Crippen molar-refractivity contribution in [3.8, 4) is 5.75 Å². The van der Waals surface area contributed by atoms with Crippen molar-refractivity contribution in [2.75, 3.05) is 17.9 Å². The average molecular weight is 387 g/mol. The fraction of sp³-hybridized carbons (Fsp3) is 0.0500. The van der Waals surface area contributed by atoms with Gasteiger partial charge in [0.15, 0.2) is 11.3 Å². The van der Waals surface area contributed by atoms with Crippen LogP contribution in [0.15, 0.2) is 67.3 Å². The molecule has 0 unspecified atom stereocenters. The summed E-state index contributed by atoms with van der Waals surface area (Å²) in [5.74, 6) is 0.843. The van der Waals surface area contributed by atoms with E-state index in [4.69, 9.17) is 10.1 Å². The molecule has 144 valence electrons. The first-order chi connectivity index (χ1) is 14.2. The van der Waals surface area contributed by atoms with Crippen LogP contribution in [-0.2, 0) is 0 Å². The number of anilines is 2. The lowest BCUT2D eigenvalue weighted by molar-refractivity contribution is 0.101. The number of methoxy groups -OCH3 is 1. The van der Waals surface area contributed by atoms with E-state index in [2.05, 4.69) is 25.7 Å². The molecule has 0 spiro atoms. The van der Waals surface area contributed by atoms with Crippen molar-refractivity contribution in [2.24, 2.45) is 0 Å². The summed E-state index contributed by atoms with van der Waals surface area (Å²) in [6.07, 6.45) is 2.70. The lowest BCUT2D eigenvalue weighted by Crippen LogP contribution is -2.33. The van der Waals surface area contributed by atoms with Gasteiger partial charge in [-0.05, 0) is 36.4 Å². The standard InChI is InChI=1S/C20H17N7O2/c1-29-15-9-7-14(8-10-15)25-19-17-16(22-11-23-19)18(21)27(12-24-17)26-20(28)13-5-3-2-4-6-13/h2-12,21H,1H3,(H,26,28)(H,22,23,25). The summed E-state index contributed by atoms with van der Waals surface area (Å²) >= 11 is 0. The van der Waals surface area contributed by atoms with Gasteiger partial charge in [0.05, 0.1) is 7.11 Å². The fourth-order valence-corrected chi connectivity index (χ4v) is 2.71. The molecule has 0 bridgehead atoms. The Morgan fingerprint density at radius 2 is 1.76 bits per heavy atom. The van der Waals surface area contributed by atoms with Gasteiger partial charge in [-0.15, -0.1) is 0 Å². The van der Waals surface area contributed by atoms with E-state index in [1.807, 2.05) is 30.3 Å². The number of benzene rings is 2. The summed E-state index contributed by atoms with van der Waals surface area (Å²) in [4.78, 5) is 25.1. The zero-order valence-corrected chi connectivity index (χ0v) is 15.5. The van der Waals surface area contributed by atoms with Crippen molar-refractivity contribution in [3.63, 3.8) is 0 Å². The number of ether oxygens (including phenoxy) is 1. The molecule has 2 aromatic carbocycles. The van der Waals surface area contributed by atoms with E-state index in [0.29, 0.717) is 22.4 Å². The minimum Gasteiger partial charge on any atom is -0.497 e. The second-order valence-electron chi connectivity index (χ2n) is 6.04. The third kappa shape index (κ3) is 3.74. The highest BCUT2D eigenvalue weighted by Crippen LogP contribution is 2.21. The molecule has 1 amide bonds. The Morgan fingerprint density at radius 3 is 2.48 bits per heavy atom. The molecule has 0 aliphatic rings. The first kappa shape index (κ1) is 18.1. The van der Waals surface area contributed by atoms with Gasteiger partial charge in [0, 0.05) is 11.3 Å². The van der Waals surface area contributed by atoms with E-state index in [-0.39, 0.29) is 11.4 Å². The molecule has 0 atom stereocenters. The van der Waals surface area contributed by atoms with Gasteiger partial charge < -0.3 is 10.1 Å². The molecule has 9 nitrogen and oxygen atoms in total. The highest BCUT2D eigenvalue weighted by atomic mass is 16.5. The molecule has 0 saturated heterocycles. The molecule has 4 rings (SSSR count). The molecular formula is C20H17N7O2. The number of rotatable bonds is 5. The Labute approximate surface area is 165 Å². The average Bonchev–Trinajstić information content (AvgIpc) is 2.77. The fourth-order valence-electron chi connectivity index (χ4n) is 2.71. The maximum atomic E-state index is 12.4. The van der Waals surface area contributed by atoms with Gasteiger partial charge in [0.1, 0.15) is 29.4 Å². The van der Waals surface area contributed by atoms with Crippen LogP contribution in [0.2, 0.25) is 0 Å². The predicted molar refractivity (Wildman–Crippen MR) is 108 cm³/mol. The molecule has 0 fully saturated rings. The Morgan fingerprint density at radius 1 is 1.00 bits per heavy atom. The molecule has 2 aromatic heterocycles. The van der Waals surface area contributed by atoms with Crippen LogP contribution in [0.25, 0.3) is 11.0 Å². The molecule has 0 aliphatic carbocycles. The van der Waals surface area contributed by atoms with Crippen LogP contribution >= 0.6 is 0 Å². The van der Waals surface area contributed by atoms with Crippen molar-refractivity contribution >= 4 is 28.4 Å². The number of nitrogens with zero attached hydrogens (tertiary/aromatic N) is 4. The van der Waals surface area contributed by atoms with Crippen LogP contribution in [0.4, 0.5) is 11.5 Å². The van der Waals surface area contributed by atoms with E-state index in [0.717, 1.165) is 11.4 Å². The topological polar surface area (TPSA) is 118 Å². The van der Waals surface area contributed by atoms with Crippen LogP contribution in [0, 0.1) is 5.41 Å². The van der Waals surface area contributed by atoms with Crippen molar-refractivity contribution < 1.29 is 9.53 Å². The molecule has 4 aromatic rings. The largest absolute Gasteiger partial charge is 0.497 e. The minimum absolute atomic E-state index is 0.0144. The number of hydrogen-bond acceptors (Lipinski definition) is 7. The summed E-state index contributed by atoms with van der Waals surface area (Å²) in [5, 5.41) is 11.6. The minimum atomic E-state index is -0.351. The number of fused-ring (bicyclic) bond motifs is 1. The van der Waals surface area contributed by atoms with Crippen molar-refractivity contribution in [2.45, 2.75) is 0 Å². The van der Waals surface area contributed by atoms with Gasteiger partial charge in [-0.3, -0.25) is 15.6 Å². The number of aromatic nitrogens is 4. The van der Waals surface area contributed by atoms with Crippen LogP contribution < -0.4 is 21.0 Å². The van der Waals surface area contributed by atoms with Crippen molar-refractivity contribution in [1.29, 1.82) is 5.41 Å². The highest BCUT2D eigenvalue weighted by molar-refractivity contribution is 6.00. The summed E-state index contributed by atoms with van der Waals surface area (Å²) in [5.41, 5.74) is 4.59. The first-order valence-corrected chi connectivity index (χ1v) is 8.70. The molecule has 9 heteroatoms. The van der Waals surface area contributed by atoms with E-state index in [1.54, 1.807) is 31.4 Å². The molecule has 3 N–H and O–H groups in total. The maximum absolute atomic E-state index is 12.4. The number of hydrogen-bond donors (Lipinski definition) is 3. The number of amides is 1. The van der Waals surface area contributed by atoms with Crippen LogP contribution in [0.1, 0.15) is 10.4 Å². The van der Waals surface area contributed by atoms with E-state index in [9.17, 15) is 4.79 Å². The first-order valence-electron chi connectivity index (χ1n) is 8.70. The van der Waals surface area contributed by atoms with Crippen molar-refractivity contribution in [1.82, 2.24) is 19.6 Å². The third-order valence-corrected chi connectivity index (χ3v) is 4.20. The quantitative estimate of drug-likeness (QED) is 0.484. The zero-order chi connectivity index (χ0) is 20.2. The Balaban J connectivity index is 1.65. The number of carbonyl (C=O) groups is 1. The van der Waals surface area contributed by atoms with Crippen LogP contribution in [0.5, 0.6) is 5.75 Å². The van der Waals surface area contributed by atoms with Gasteiger partial charge in [-0.25, -0.2) is 19.6 Å². The maximum Gasteiger partial charge on any atom is 0.270 e. The van der Waals surface area contributed by atoms with Gasteiger partial charge >= 0.3 is 0 Å². The smallest absolute Gasteiger partial charge is 0.270 e. The van der Waals surface area contributed by atoms with Gasteiger partial charge in [0.25, 0.3) is 5.91 Å². The second kappa shape index (κ2) is 7.77. The SMILES string of the molecule is COc1ccc(Nc2ncnc3c(=N)n(NC(=O)c4ccccc4)cnc23)cc1. The Kier molecular flexibility index (Phi) is 4.85. The number of nitrogens with one attached hydrogen (secondary N) is 3. The predicted octanol–water partition coefficient (Wildman–Crippen LogP) is 2.44. The van der Waals surface area contributed by atoms with Gasteiger partial charge in [0.2, 0.25) is 0 Å². The van der Waals surface area contributed by atoms with E-state index in [1.165, 1.54) is 17.3 Å². The van der Waals surface area contributed by atoms with Crippen LogP contribution in [0.3, 0.4) is 0 Å². The lowest BCUT2D eigenvalue weighted by Gasteiger charge is -2.12. The van der Waals surface area contributed by atoms with Crippen LogP contribution in [-0.4, -0.2) is 32.6 Å². The molecule has 29 heavy (non-hydrogen) atoms. The summed E-state index contributed by atoms with van der Waals surface area (Å²) in [6, 6.07) is 16.1. The molecule has 0 aliphatic heterocycles. The van der Waals surface area contributed by atoms with E-state index >= 15 is 0 Å². The molecular weight excluding hydrogens is 370 g/mol. The lowest BCUT2D eigenvalue weighted by atomic mass is 10.2. The summed E-state index contributed by atoms with van der Waals surface area (Å²) in [7, 11) is 1.60. The zero-order valence-electron chi connectivity index (χ0n) is 15.5. The molecule has 0 radical (unpaired) electrons. The Hall–Kier alpha value is -4.27. The molecule has 0 saturated carbocycles. The summed E-state index contributed by atoms with van der Waals surface area (Å²) < 4.78 is 6.38. The van der Waals surface area contributed by atoms with Crippen molar-refractivity contribution in [3.05, 3.63) is 78.3 Å². The summed E-state index contributed by atoms with van der Waals surface area (Å²) in [6.45, 7) is 0. The normalized spacial score (nSPS) is 10.5. The third-order valence-electron chi connectivity index (χ3n) is 4.20. The monoisotopic (exact) mass is 387 g/mol. The van der Waals surface area contributed by atoms with Gasteiger partial charge in [-0.1, -0.05) is 18.2 Å². The number of carbonyl (C=O) groups excluding carboxylic acids is 1. The van der Waals surface area contributed by atoms with Gasteiger partial charge in [-0.2, -0.15) is 0 Å². The van der Waals surface area contributed by atoms with E-state index < -0.39 is 0 Å².